The number of imidazole rings is 1. The molecule has 2 N–H and O–H groups in total. The number of H-pyrrole nitrogens is 1. The molecule has 32 heavy (non-hydrogen) atoms. The molecular formula is C24H25N7O. The van der Waals surface area contributed by atoms with E-state index in [-0.39, 0.29) is 0 Å². The second-order valence-electron chi connectivity index (χ2n) is 8.09. The van der Waals surface area contributed by atoms with Gasteiger partial charge < -0.3 is 14.8 Å². The van der Waals surface area contributed by atoms with Gasteiger partial charge in [0.15, 0.2) is 0 Å². The number of nitrogens with zero attached hydrogens (tertiary/aromatic N) is 5. The Balaban J connectivity index is 1.67. The van der Waals surface area contributed by atoms with E-state index >= 15 is 0 Å². The molecule has 0 aliphatic rings. The van der Waals surface area contributed by atoms with Crippen molar-refractivity contribution < 1.29 is 4.52 Å². The van der Waals surface area contributed by atoms with Gasteiger partial charge in [-0.3, -0.25) is 9.67 Å². The highest BCUT2D eigenvalue weighted by Gasteiger charge is 2.21. The van der Waals surface area contributed by atoms with Gasteiger partial charge in [0.2, 0.25) is 5.95 Å². The summed E-state index contributed by atoms with van der Waals surface area (Å²) in [4.78, 5) is 12.5. The number of aromatic amines is 1. The van der Waals surface area contributed by atoms with Crippen LogP contribution < -0.4 is 5.32 Å². The van der Waals surface area contributed by atoms with Gasteiger partial charge in [0, 0.05) is 48.4 Å². The lowest BCUT2D eigenvalue weighted by molar-refractivity contribution is 0.393. The van der Waals surface area contributed by atoms with Crippen LogP contribution in [0.15, 0.2) is 41.2 Å². The van der Waals surface area contributed by atoms with Crippen LogP contribution in [0.4, 0.5) is 5.95 Å². The maximum atomic E-state index is 5.44. The molecular weight excluding hydrogens is 402 g/mol. The fourth-order valence-electron chi connectivity index (χ4n) is 4.28. The summed E-state index contributed by atoms with van der Waals surface area (Å²) in [7, 11) is 1.96. The van der Waals surface area contributed by atoms with Crippen LogP contribution in [0, 0.1) is 27.7 Å². The van der Waals surface area contributed by atoms with E-state index in [0.717, 1.165) is 61.7 Å². The summed E-state index contributed by atoms with van der Waals surface area (Å²) in [6, 6.07) is 8.23. The van der Waals surface area contributed by atoms with E-state index < -0.39 is 0 Å². The lowest BCUT2D eigenvalue weighted by Gasteiger charge is -2.08. The quantitative estimate of drug-likeness (QED) is 0.416. The molecule has 0 saturated heterocycles. The van der Waals surface area contributed by atoms with E-state index in [0.29, 0.717) is 12.5 Å². The molecule has 0 aliphatic carbocycles. The molecule has 0 bridgehead atoms. The van der Waals surface area contributed by atoms with E-state index in [1.807, 2.05) is 50.8 Å². The van der Waals surface area contributed by atoms with E-state index in [2.05, 4.69) is 44.6 Å². The van der Waals surface area contributed by atoms with Gasteiger partial charge >= 0.3 is 0 Å². The zero-order valence-electron chi connectivity index (χ0n) is 18.8. The van der Waals surface area contributed by atoms with Crippen molar-refractivity contribution >= 4 is 17.0 Å². The molecule has 0 atom stereocenters. The summed E-state index contributed by atoms with van der Waals surface area (Å²) in [6.45, 7) is 8.64. The summed E-state index contributed by atoms with van der Waals surface area (Å²) in [5.74, 6) is 1.50. The van der Waals surface area contributed by atoms with Crippen molar-refractivity contribution in [3.05, 3.63) is 65.1 Å². The van der Waals surface area contributed by atoms with Gasteiger partial charge in [0.05, 0.1) is 22.4 Å². The zero-order chi connectivity index (χ0) is 22.4. The molecule has 4 heterocycles. The van der Waals surface area contributed by atoms with Gasteiger partial charge in [-0.2, -0.15) is 5.10 Å². The predicted molar refractivity (Wildman–Crippen MR) is 124 cm³/mol. The van der Waals surface area contributed by atoms with Crippen LogP contribution in [0.5, 0.6) is 0 Å². The van der Waals surface area contributed by atoms with Gasteiger partial charge in [-0.05, 0) is 57.0 Å². The first-order valence-corrected chi connectivity index (χ1v) is 10.5. The number of pyridine rings is 1. The second kappa shape index (κ2) is 7.64. The highest BCUT2D eigenvalue weighted by molar-refractivity contribution is 5.98. The second-order valence-corrected chi connectivity index (χ2v) is 8.09. The molecule has 8 heteroatoms. The minimum absolute atomic E-state index is 0.630. The first-order chi connectivity index (χ1) is 15.4. The van der Waals surface area contributed by atoms with Crippen LogP contribution in [0.3, 0.4) is 0 Å². The topological polar surface area (TPSA) is 97.4 Å². The third-order valence-electron chi connectivity index (χ3n) is 5.87. The Labute approximate surface area is 185 Å². The van der Waals surface area contributed by atoms with E-state index in [1.165, 1.54) is 0 Å². The van der Waals surface area contributed by atoms with Crippen LogP contribution >= 0.6 is 0 Å². The number of hydrogen-bond donors (Lipinski definition) is 2. The molecule has 0 spiro atoms. The van der Waals surface area contributed by atoms with Crippen LogP contribution in [0.25, 0.3) is 33.3 Å². The SMILES string of the molecule is Cc1noc(C)c1-c1cc(-c2c(C)nn(C)c2C)c2nc(NCc3cccnc3)[nH]c2c1. The Bertz CT molecular complexity index is 1410. The molecule has 5 aromatic rings. The van der Waals surface area contributed by atoms with Crippen molar-refractivity contribution in [2.75, 3.05) is 5.32 Å². The van der Waals surface area contributed by atoms with E-state index in [9.17, 15) is 0 Å². The maximum absolute atomic E-state index is 5.44. The van der Waals surface area contributed by atoms with Crippen molar-refractivity contribution in [1.82, 2.24) is 29.9 Å². The maximum Gasteiger partial charge on any atom is 0.201 e. The number of nitrogens with one attached hydrogen (secondary N) is 2. The summed E-state index contributed by atoms with van der Waals surface area (Å²) in [6.07, 6.45) is 3.62. The third-order valence-corrected chi connectivity index (χ3v) is 5.87. The summed E-state index contributed by atoms with van der Waals surface area (Å²) in [5, 5.41) is 12.2. The number of benzene rings is 1. The van der Waals surface area contributed by atoms with Gasteiger partial charge in [-0.25, -0.2) is 4.98 Å². The summed E-state index contributed by atoms with van der Waals surface area (Å²) in [5.41, 5.74) is 10.0. The lowest BCUT2D eigenvalue weighted by Crippen LogP contribution is -2.00. The van der Waals surface area contributed by atoms with E-state index in [1.54, 1.807) is 6.20 Å². The Hall–Kier alpha value is -3.94. The van der Waals surface area contributed by atoms with Crippen LogP contribution in [-0.2, 0) is 13.6 Å². The van der Waals surface area contributed by atoms with Crippen molar-refractivity contribution in [1.29, 1.82) is 0 Å². The first kappa shape index (κ1) is 20.0. The van der Waals surface area contributed by atoms with Gasteiger partial charge in [-0.15, -0.1) is 0 Å². The average Bonchev–Trinajstić information content (AvgIpc) is 3.42. The Kier molecular flexibility index (Phi) is 4.77. The minimum atomic E-state index is 0.630. The molecule has 0 radical (unpaired) electrons. The van der Waals surface area contributed by atoms with Crippen LogP contribution in [0.2, 0.25) is 0 Å². The highest BCUT2D eigenvalue weighted by Crippen LogP contribution is 2.38. The zero-order valence-corrected chi connectivity index (χ0v) is 18.8. The fraction of sp³-hybridized carbons (Fsp3) is 0.250. The van der Waals surface area contributed by atoms with Crippen molar-refractivity contribution in [2.45, 2.75) is 34.2 Å². The molecule has 0 unspecified atom stereocenters. The number of hydrogen-bond acceptors (Lipinski definition) is 6. The van der Waals surface area contributed by atoms with Gasteiger partial charge in [0.1, 0.15) is 5.76 Å². The van der Waals surface area contributed by atoms with Crippen LogP contribution in [-0.4, -0.2) is 29.9 Å². The standard InChI is InChI=1S/C24H25N7O/c1-13-21(15(3)31(5)29-13)19-9-18(22-14(2)30-32-16(22)4)10-20-23(19)28-24(27-20)26-12-17-7-6-8-25-11-17/h6-11H,12H2,1-5H3,(H2,26,27,28). The van der Waals surface area contributed by atoms with Crippen molar-refractivity contribution in [3.63, 3.8) is 0 Å². The Morgan fingerprint density at radius 1 is 1.09 bits per heavy atom. The summed E-state index contributed by atoms with van der Waals surface area (Å²) >= 11 is 0. The molecule has 0 saturated carbocycles. The normalized spacial score (nSPS) is 11.4. The number of anilines is 1. The molecule has 0 fully saturated rings. The molecule has 1 aromatic carbocycles. The molecule has 5 rings (SSSR count). The summed E-state index contributed by atoms with van der Waals surface area (Å²) < 4.78 is 7.35. The van der Waals surface area contributed by atoms with Crippen LogP contribution in [0.1, 0.15) is 28.4 Å². The van der Waals surface area contributed by atoms with Gasteiger partial charge in [-0.1, -0.05) is 11.2 Å². The number of fused-ring (bicyclic) bond motifs is 1. The number of rotatable bonds is 5. The largest absolute Gasteiger partial charge is 0.361 e. The monoisotopic (exact) mass is 427 g/mol. The predicted octanol–water partition coefficient (Wildman–Crippen LogP) is 4.86. The lowest BCUT2D eigenvalue weighted by atomic mass is 9.95. The van der Waals surface area contributed by atoms with Crippen molar-refractivity contribution in [2.24, 2.45) is 7.05 Å². The number of aryl methyl sites for hydroxylation is 4. The third kappa shape index (κ3) is 3.33. The molecule has 4 aromatic heterocycles. The van der Waals surface area contributed by atoms with Gasteiger partial charge in [0.25, 0.3) is 0 Å². The molecule has 8 nitrogen and oxygen atoms in total. The average molecular weight is 428 g/mol. The van der Waals surface area contributed by atoms with Crippen molar-refractivity contribution in [3.8, 4) is 22.3 Å². The Morgan fingerprint density at radius 3 is 2.59 bits per heavy atom. The smallest absolute Gasteiger partial charge is 0.201 e. The first-order valence-electron chi connectivity index (χ1n) is 10.5. The Morgan fingerprint density at radius 2 is 1.94 bits per heavy atom. The minimum Gasteiger partial charge on any atom is -0.361 e. The molecule has 0 amide bonds. The van der Waals surface area contributed by atoms with E-state index in [4.69, 9.17) is 9.51 Å². The highest BCUT2D eigenvalue weighted by atomic mass is 16.5. The molecule has 162 valence electrons. The fourth-order valence-corrected chi connectivity index (χ4v) is 4.28. The molecule has 0 aliphatic heterocycles. The number of aromatic nitrogens is 6.